The molecule has 1 saturated heterocycles. The van der Waals surface area contributed by atoms with E-state index in [1.807, 2.05) is 0 Å². The van der Waals surface area contributed by atoms with E-state index < -0.39 is 0 Å². The number of amides is 2. The summed E-state index contributed by atoms with van der Waals surface area (Å²) in [4.78, 5) is 14.1. The molecule has 0 aliphatic carbocycles. The van der Waals surface area contributed by atoms with E-state index in [4.69, 9.17) is 10.9 Å². The normalized spacial score (nSPS) is 16.9. The second-order valence-electron chi connectivity index (χ2n) is 4.85. The summed E-state index contributed by atoms with van der Waals surface area (Å²) in [5.41, 5.74) is 5.97. The van der Waals surface area contributed by atoms with Gasteiger partial charge in [-0.25, -0.2) is 4.79 Å². The zero-order valence-electron chi connectivity index (χ0n) is 11.5. The number of amidine groups is 1. The first-order chi connectivity index (χ1) is 9.63. The first-order valence-corrected chi connectivity index (χ1v) is 6.69. The number of hydrogen-bond acceptors (Lipinski definition) is 4. The molecule has 1 fully saturated rings. The SMILES string of the molecule is Cn1ncc(C(N)=NO)c1NC(=O)N1CCCCCC1. The lowest BCUT2D eigenvalue weighted by molar-refractivity contribution is 0.213. The number of carbonyl (C=O) groups is 1. The number of urea groups is 1. The lowest BCUT2D eigenvalue weighted by atomic mass is 10.2. The summed E-state index contributed by atoms with van der Waals surface area (Å²) in [7, 11) is 1.69. The number of nitrogens with zero attached hydrogens (tertiary/aromatic N) is 4. The van der Waals surface area contributed by atoms with Crippen molar-refractivity contribution in [1.29, 1.82) is 0 Å². The van der Waals surface area contributed by atoms with Crippen LogP contribution in [0.3, 0.4) is 0 Å². The number of aryl methyl sites for hydroxylation is 1. The Labute approximate surface area is 117 Å². The first kappa shape index (κ1) is 14.2. The molecule has 110 valence electrons. The van der Waals surface area contributed by atoms with Gasteiger partial charge in [0.15, 0.2) is 5.84 Å². The molecule has 4 N–H and O–H groups in total. The number of nitrogens with one attached hydrogen (secondary N) is 1. The predicted octanol–water partition coefficient (Wildman–Crippen LogP) is 0.922. The van der Waals surface area contributed by atoms with Gasteiger partial charge in [-0.15, -0.1) is 0 Å². The van der Waals surface area contributed by atoms with Crippen molar-refractivity contribution in [2.45, 2.75) is 25.7 Å². The van der Waals surface area contributed by atoms with E-state index in [1.54, 1.807) is 11.9 Å². The molecule has 0 spiro atoms. The number of likely N-dealkylation sites (tertiary alicyclic amines) is 1. The van der Waals surface area contributed by atoms with Crippen LogP contribution >= 0.6 is 0 Å². The van der Waals surface area contributed by atoms with Gasteiger partial charge in [0.25, 0.3) is 0 Å². The summed E-state index contributed by atoms with van der Waals surface area (Å²) in [5.74, 6) is 0.346. The molecule has 8 heteroatoms. The number of hydrogen-bond donors (Lipinski definition) is 3. The van der Waals surface area contributed by atoms with Crippen molar-refractivity contribution in [3.05, 3.63) is 11.8 Å². The molecule has 20 heavy (non-hydrogen) atoms. The molecule has 0 unspecified atom stereocenters. The minimum atomic E-state index is -0.178. The van der Waals surface area contributed by atoms with E-state index in [0.29, 0.717) is 11.4 Å². The number of anilines is 1. The summed E-state index contributed by atoms with van der Waals surface area (Å²) in [5, 5.41) is 18.5. The van der Waals surface area contributed by atoms with Gasteiger partial charge in [0.1, 0.15) is 5.82 Å². The summed E-state index contributed by atoms with van der Waals surface area (Å²) < 4.78 is 1.49. The summed E-state index contributed by atoms with van der Waals surface area (Å²) >= 11 is 0. The highest BCUT2D eigenvalue weighted by molar-refractivity contribution is 6.04. The number of aromatic nitrogens is 2. The van der Waals surface area contributed by atoms with Crippen LogP contribution in [0.25, 0.3) is 0 Å². The maximum Gasteiger partial charge on any atom is 0.323 e. The van der Waals surface area contributed by atoms with Gasteiger partial charge in [-0.2, -0.15) is 5.10 Å². The van der Waals surface area contributed by atoms with Gasteiger partial charge in [-0.3, -0.25) is 10.00 Å². The number of carbonyl (C=O) groups excluding carboxylic acids is 1. The fourth-order valence-corrected chi connectivity index (χ4v) is 2.28. The topological polar surface area (TPSA) is 109 Å². The lowest BCUT2D eigenvalue weighted by Gasteiger charge is -2.21. The van der Waals surface area contributed by atoms with Crippen molar-refractivity contribution in [2.24, 2.45) is 17.9 Å². The highest BCUT2D eigenvalue weighted by Crippen LogP contribution is 2.16. The van der Waals surface area contributed by atoms with Gasteiger partial charge in [-0.05, 0) is 12.8 Å². The van der Waals surface area contributed by atoms with Crippen molar-refractivity contribution < 1.29 is 10.0 Å². The lowest BCUT2D eigenvalue weighted by Crippen LogP contribution is -2.36. The van der Waals surface area contributed by atoms with Gasteiger partial charge in [0.05, 0.1) is 11.8 Å². The molecule has 0 saturated carbocycles. The molecule has 1 aliphatic heterocycles. The summed E-state index contributed by atoms with van der Waals surface area (Å²) in [6.45, 7) is 1.51. The van der Waals surface area contributed by atoms with Gasteiger partial charge in [-0.1, -0.05) is 18.0 Å². The van der Waals surface area contributed by atoms with Crippen molar-refractivity contribution in [1.82, 2.24) is 14.7 Å². The van der Waals surface area contributed by atoms with Crippen molar-refractivity contribution in [3.8, 4) is 0 Å². The Kier molecular flexibility index (Phi) is 4.44. The van der Waals surface area contributed by atoms with Crippen LogP contribution in [0.15, 0.2) is 11.4 Å². The minimum absolute atomic E-state index is 0.0794. The molecule has 1 aliphatic rings. The smallest absolute Gasteiger partial charge is 0.323 e. The second kappa shape index (κ2) is 6.27. The van der Waals surface area contributed by atoms with Crippen molar-refractivity contribution >= 4 is 17.7 Å². The fourth-order valence-electron chi connectivity index (χ4n) is 2.28. The molecule has 0 aromatic carbocycles. The average molecular weight is 280 g/mol. The molecule has 2 heterocycles. The van der Waals surface area contributed by atoms with E-state index in [0.717, 1.165) is 38.8 Å². The Morgan fingerprint density at radius 1 is 1.40 bits per heavy atom. The second-order valence-corrected chi connectivity index (χ2v) is 4.85. The number of nitrogens with two attached hydrogens (primary N) is 1. The predicted molar refractivity (Wildman–Crippen MR) is 74.8 cm³/mol. The van der Waals surface area contributed by atoms with E-state index in [1.165, 1.54) is 10.9 Å². The van der Waals surface area contributed by atoms with Crippen molar-refractivity contribution in [2.75, 3.05) is 18.4 Å². The summed E-state index contributed by atoms with van der Waals surface area (Å²) in [6.07, 6.45) is 5.81. The Morgan fingerprint density at radius 2 is 2.05 bits per heavy atom. The number of oxime groups is 1. The van der Waals surface area contributed by atoms with Gasteiger partial charge < -0.3 is 15.8 Å². The highest BCUT2D eigenvalue weighted by atomic mass is 16.4. The third-order valence-corrected chi connectivity index (χ3v) is 3.44. The van der Waals surface area contributed by atoms with Crippen LogP contribution in [0.5, 0.6) is 0 Å². The number of rotatable bonds is 2. The fraction of sp³-hybridized carbons (Fsp3) is 0.583. The van der Waals surface area contributed by atoms with E-state index in [9.17, 15) is 4.79 Å². The maximum absolute atomic E-state index is 12.3. The molecule has 0 bridgehead atoms. The Bertz CT molecular complexity index is 502. The average Bonchev–Trinajstić information content (AvgIpc) is 2.69. The third kappa shape index (κ3) is 3.01. The zero-order chi connectivity index (χ0) is 14.5. The first-order valence-electron chi connectivity index (χ1n) is 6.69. The molecule has 1 aromatic rings. The highest BCUT2D eigenvalue weighted by Gasteiger charge is 2.20. The van der Waals surface area contributed by atoms with E-state index in [-0.39, 0.29) is 11.9 Å². The molecule has 2 amide bonds. The van der Waals surface area contributed by atoms with Gasteiger partial charge in [0, 0.05) is 20.1 Å². The molecule has 2 rings (SSSR count). The Balaban J connectivity index is 2.12. The zero-order valence-corrected chi connectivity index (χ0v) is 11.5. The Morgan fingerprint density at radius 3 is 2.65 bits per heavy atom. The molecular formula is C12H20N6O2. The summed E-state index contributed by atoms with van der Waals surface area (Å²) in [6, 6.07) is -0.178. The third-order valence-electron chi connectivity index (χ3n) is 3.44. The minimum Gasteiger partial charge on any atom is -0.409 e. The van der Waals surface area contributed by atoms with Crippen LogP contribution in [-0.2, 0) is 7.05 Å². The molecule has 0 atom stereocenters. The van der Waals surface area contributed by atoms with E-state index >= 15 is 0 Å². The Hall–Kier alpha value is -2.25. The van der Waals surface area contributed by atoms with Crippen LogP contribution < -0.4 is 11.1 Å². The van der Waals surface area contributed by atoms with Crippen LogP contribution in [0, 0.1) is 0 Å². The quantitative estimate of drug-likeness (QED) is 0.324. The molecule has 8 nitrogen and oxygen atoms in total. The standard InChI is InChI=1S/C12H20N6O2/c1-17-11(9(8-14-17)10(13)16-20)15-12(19)18-6-4-2-3-5-7-18/h8,20H,2-7H2,1H3,(H2,13,16)(H,15,19). The van der Waals surface area contributed by atoms with Gasteiger partial charge >= 0.3 is 6.03 Å². The van der Waals surface area contributed by atoms with Crippen LogP contribution in [-0.4, -0.2) is 44.8 Å². The molecule has 0 radical (unpaired) electrons. The van der Waals surface area contributed by atoms with Gasteiger partial charge in [0.2, 0.25) is 0 Å². The monoisotopic (exact) mass is 280 g/mol. The molecular weight excluding hydrogens is 260 g/mol. The van der Waals surface area contributed by atoms with Crippen LogP contribution in [0.2, 0.25) is 0 Å². The van der Waals surface area contributed by atoms with Crippen molar-refractivity contribution in [3.63, 3.8) is 0 Å². The van der Waals surface area contributed by atoms with Crippen LogP contribution in [0.1, 0.15) is 31.2 Å². The maximum atomic E-state index is 12.3. The largest absolute Gasteiger partial charge is 0.409 e. The molecule has 1 aromatic heterocycles. The van der Waals surface area contributed by atoms with Crippen LogP contribution in [0.4, 0.5) is 10.6 Å². The van der Waals surface area contributed by atoms with E-state index in [2.05, 4.69) is 15.6 Å².